The largest absolute Gasteiger partial charge is 0.384 e. The minimum atomic E-state index is -1.11. The number of rotatable bonds is 4. The summed E-state index contributed by atoms with van der Waals surface area (Å²) >= 11 is 0. The third kappa shape index (κ3) is 4.07. The van der Waals surface area contributed by atoms with E-state index in [1.807, 2.05) is 61.5 Å². The van der Waals surface area contributed by atoms with E-state index in [4.69, 9.17) is 0 Å². The zero-order valence-corrected chi connectivity index (χ0v) is 12.3. The van der Waals surface area contributed by atoms with Gasteiger partial charge in [-0.05, 0) is 31.0 Å². The Hall–Kier alpha value is -2.33. The standard InChI is InChI=1S/C17H20N2O2/c1-13-8-6-7-11-15(13)19-16(20)18-12-17(2,21)14-9-4-3-5-10-14/h3-11,21H,12H2,1-2H3,(H2,18,19,20). The van der Waals surface area contributed by atoms with Crippen LogP contribution < -0.4 is 10.6 Å². The Morgan fingerprint density at radius 2 is 1.71 bits per heavy atom. The average Bonchev–Trinajstić information content (AvgIpc) is 2.49. The van der Waals surface area contributed by atoms with Crippen molar-refractivity contribution in [3.05, 3.63) is 65.7 Å². The normalized spacial score (nSPS) is 13.3. The van der Waals surface area contributed by atoms with E-state index in [2.05, 4.69) is 10.6 Å². The summed E-state index contributed by atoms with van der Waals surface area (Å²) in [5.41, 5.74) is 1.41. The van der Waals surface area contributed by atoms with Crippen LogP contribution in [0, 0.1) is 6.92 Å². The molecular weight excluding hydrogens is 264 g/mol. The minimum Gasteiger partial charge on any atom is -0.384 e. The molecule has 0 aliphatic heterocycles. The van der Waals surface area contributed by atoms with Gasteiger partial charge in [-0.1, -0.05) is 48.5 Å². The first kappa shape index (κ1) is 15.1. The molecule has 21 heavy (non-hydrogen) atoms. The molecule has 0 aliphatic rings. The Morgan fingerprint density at radius 1 is 1.10 bits per heavy atom. The van der Waals surface area contributed by atoms with Crippen molar-refractivity contribution in [2.45, 2.75) is 19.4 Å². The molecule has 0 aliphatic carbocycles. The molecule has 0 fully saturated rings. The van der Waals surface area contributed by atoms with Crippen molar-refractivity contribution in [3.8, 4) is 0 Å². The average molecular weight is 284 g/mol. The molecule has 4 nitrogen and oxygen atoms in total. The van der Waals surface area contributed by atoms with Gasteiger partial charge in [0, 0.05) is 5.69 Å². The SMILES string of the molecule is Cc1ccccc1NC(=O)NCC(C)(O)c1ccccc1. The zero-order chi connectivity index (χ0) is 15.3. The van der Waals surface area contributed by atoms with E-state index < -0.39 is 5.60 Å². The molecule has 1 unspecified atom stereocenters. The second-order valence-electron chi connectivity index (χ2n) is 5.26. The first-order valence-electron chi connectivity index (χ1n) is 6.87. The summed E-state index contributed by atoms with van der Waals surface area (Å²) in [4.78, 5) is 11.9. The number of benzene rings is 2. The fourth-order valence-corrected chi connectivity index (χ4v) is 2.03. The lowest BCUT2D eigenvalue weighted by molar-refractivity contribution is 0.0599. The molecule has 2 amide bonds. The highest BCUT2D eigenvalue weighted by molar-refractivity contribution is 5.90. The van der Waals surface area contributed by atoms with Gasteiger partial charge in [-0.25, -0.2) is 4.79 Å². The maximum atomic E-state index is 11.9. The van der Waals surface area contributed by atoms with E-state index in [9.17, 15) is 9.90 Å². The van der Waals surface area contributed by atoms with Crippen LogP contribution in [0.25, 0.3) is 0 Å². The van der Waals surface area contributed by atoms with Crippen molar-refractivity contribution in [2.24, 2.45) is 0 Å². The van der Waals surface area contributed by atoms with Gasteiger partial charge in [-0.15, -0.1) is 0 Å². The molecule has 3 N–H and O–H groups in total. The van der Waals surface area contributed by atoms with Crippen molar-refractivity contribution in [2.75, 3.05) is 11.9 Å². The predicted octanol–water partition coefficient (Wildman–Crippen LogP) is 3.02. The van der Waals surface area contributed by atoms with Crippen LogP contribution in [0.5, 0.6) is 0 Å². The molecule has 0 saturated carbocycles. The van der Waals surface area contributed by atoms with Gasteiger partial charge in [0.2, 0.25) is 0 Å². The highest BCUT2D eigenvalue weighted by Gasteiger charge is 2.23. The molecular formula is C17H20N2O2. The molecule has 0 bridgehead atoms. The highest BCUT2D eigenvalue weighted by Crippen LogP contribution is 2.19. The Morgan fingerprint density at radius 3 is 2.38 bits per heavy atom. The molecule has 2 rings (SSSR count). The lowest BCUT2D eigenvalue weighted by Crippen LogP contribution is -2.40. The number of urea groups is 1. The maximum Gasteiger partial charge on any atom is 0.319 e. The summed E-state index contributed by atoms with van der Waals surface area (Å²) in [6, 6.07) is 16.5. The third-order valence-corrected chi connectivity index (χ3v) is 3.38. The number of hydrogen-bond donors (Lipinski definition) is 3. The Labute approximate surface area is 124 Å². The number of nitrogens with one attached hydrogen (secondary N) is 2. The van der Waals surface area contributed by atoms with Crippen LogP contribution >= 0.6 is 0 Å². The van der Waals surface area contributed by atoms with Crippen LogP contribution in [-0.2, 0) is 5.60 Å². The van der Waals surface area contributed by atoms with Gasteiger partial charge in [-0.3, -0.25) is 0 Å². The molecule has 110 valence electrons. The summed E-state index contributed by atoms with van der Waals surface area (Å²) < 4.78 is 0. The van der Waals surface area contributed by atoms with Crippen LogP contribution in [0.4, 0.5) is 10.5 Å². The van der Waals surface area contributed by atoms with Crippen molar-refractivity contribution in [1.29, 1.82) is 0 Å². The number of aryl methyl sites for hydroxylation is 1. The molecule has 0 aromatic heterocycles. The summed E-state index contributed by atoms with van der Waals surface area (Å²) in [6.07, 6.45) is 0. The van der Waals surface area contributed by atoms with Gasteiger partial charge >= 0.3 is 6.03 Å². The van der Waals surface area contributed by atoms with E-state index in [0.717, 1.165) is 16.8 Å². The fourth-order valence-electron chi connectivity index (χ4n) is 2.03. The maximum absolute atomic E-state index is 11.9. The molecule has 1 atom stereocenters. The van der Waals surface area contributed by atoms with E-state index in [1.165, 1.54) is 0 Å². The summed E-state index contributed by atoms with van der Waals surface area (Å²) in [5, 5.41) is 15.9. The van der Waals surface area contributed by atoms with Crippen LogP contribution in [0.15, 0.2) is 54.6 Å². The fraction of sp³-hybridized carbons (Fsp3) is 0.235. The first-order valence-corrected chi connectivity index (χ1v) is 6.87. The van der Waals surface area contributed by atoms with Gasteiger partial charge in [0.05, 0.1) is 6.54 Å². The highest BCUT2D eigenvalue weighted by atomic mass is 16.3. The van der Waals surface area contributed by atoms with Gasteiger partial charge in [0.25, 0.3) is 0 Å². The number of aliphatic hydroxyl groups is 1. The van der Waals surface area contributed by atoms with E-state index >= 15 is 0 Å². The van der Waals surface area contributed by atoms with Gasteiger partial charge < -0.3 is 15.7 Å². The monoisotopic (exact) mass is 284 g/mol. The first-order chi connectivity index (χ1) is 9.99. The summed E-state index contributed by atoms with van der Waals surface area (Å²) in [7, 11) is 0. The Kier molecular flexibility index (Phi) is 4.60. The summed E-state index contributed by atoms with van der Waals surface area (Å²) in [5.74, 6) is 0. The lowest BCUT2D eigenvalue weighted by atomic mass is 9.96. The molecule has 2 aromatic carbocycles. The molecule has 0 radical (unpaired) electrons. The Bertz CT molecular complexity index is 609. The van der Waals surface area contributed by atoms with E-state index in [-0.39, 0.29) is 12.6 Å². The number of anilines is 1. The van der Waals surface area contributed by atoms with Crippen LogP contribution in [-0.4, -0.2) is 17.7 Å². The molecule has 4 heteroatoms. The van der Waals surface area contributed by atoms with Crippen molar-refractivity contribution in [3.63, 3.8) is 0 Å². The van der Waals surface area contributed by atoms with Crippen LogP contribution in [0.1, 0.15) is 18.1 Å². The van der Waals surface area contributed by atoms with Gasteiger partial charge in [-0.2, -0.15) is 0 Å². The topological polar surface area (TPSA) is 61.4 Å². The number of hydrogen-bond acceptors (Lipinski definition) is 2. The number of carbonyl (C=O) groups is 1. The summed E-state index contributed by atoms with van der Waals surface area (Å²) in [6.45, 7) is 3.74. The number of amides is 2. The molecule has 0 saturated heterocycles. The van der Waals surface area contributed by atoms with Crippen LogP contribution in [0.3, 0.4) is 0 Å². The van der Waals surface area contributed by atoms with Crippen molar-refractivity contribution >= 4 is 11.7 Å². The van der Waals surface area contributed by atoms with Crippen molar-refractivity contribution in [1.82, 2.24) is 5.32 Å². The predicted molar refractivity (Wildman–Crippen MR) is 84.2 cm³/mol. The quantitative estimate of drug-likeness (QED) is 0.808. The zero-order valence-electron chi connectivity index (χ0n) is 12.3. The minimum absolute atomic E-state index is 0.134. The van der Waals surface area contributed by atoms with E-state index in [1.54, 1.807) is 6.92 Å². The third-order valence-electron chi connectivity index (χ3n) is 3.38. The van der Waals surface area contributed by atoms with Crippen molar-refractivity contribution < 1.29 is 9.90 Å². The second-order valence-corrected chi connectivity index (χ2v) is 5.26. The smallest absolute Gasteiger partial charge is 0.319 e. The molecule has 2 aromatic rings. The van der Waals surface area contributed by atoms with Crippen LogP contribution in [0.2, 0.25) is 0 Å². The molecule has 0 heterocycles. The van der Waals surface area contributed by atoms with Gasteiger partial charge in [0.1, 0.15) is 5.60 Å². The molecule has 0 spiro atoms. The number of carbonyl (C=O) groups excluding carboxylic acids is 1. The van der Waals surface area contributed by atoms with Gasteiger partial charge in [0.15, 0.2) is 0 Å². The second kappa shape index (κ2) is 6.41. The Balaban J connectivity index is 1.94. The number of para-hydroxylation sites is 1. The lowest BCUT2D eigenvalue weighted by Gasteiger charge is -2.24. The van der Waals surface area contributed by atoms with E-state index in [0.29, 0.717) is 0 Å².